The van der Waals surface area contributed by atoms with Gasteiger partial charge in [0.25, 0.3) is 0 Å². The maximum atomic E-state index is 12.3. The summed E-state index contributed by atoms with van der Waals surface area (Å²) >= 11 is 0. The van der Waals surface area contributed by atoms with Gasteiger partial charge in [0, 0.05) is 31.9 Å². The van der Waals surface area contributed by atoms with Gasteiger partial charge < -0.3 is 37.1 Å². The molecule has 0 saturated carbocycles. The van der Waals surface area contributed by atoms with Crippen LogP contribution in [0.15, 0.2) is 36.9 Å². The number of urea groups is 1. The molecule has 3 heterocycles. The molecule has 4 atom stereocenters. The van der Waals surface area contributed by atoms with Gasteiger partial charge in [-0.3, -0.25) is 9.47 Å². The minimum Gasteiger partial charge on any atom is -0.387 e. The molecule has 0 radical (unpaired) electrons. The van der Waals surface area contributed by atoms with Crippen molar-refractivity contribution >= 4 is 28.7 Å². The Morgan fingerprint density at radius 2 is 1.87 bits per heavy atom. The summed E-state index contributed by atoms with van der Waals surface area (Å²) in [5.41, 5.74) is 14.5. The minimum atomic E-state index is -1.19. The number of hydrogen-bond acceptors (Lipinski definition) is 10. The SMILES string of the molecule is CC(C)(C)c1ccc(NC(=O)NCCCN(CCN)CC2O[C@@H](n3cnc4c(N)ncnc43)[C@H](O)[C@@H]2O)cc1. The molecule has 2 aromatic heterocycles. The fourth-order valence-electron chi connectivity index (χ4n) is 4.63. The number of carbonyl (C=O) groups is 1. The van der Waals surface area contributed by atoms with E-state index in [4.69, 9.17) is 16.2 Å². The third-order valence-electron chi connectivity index (χ3n) is 6.83. The van der Waals surface area contributed by atoms with Crippen LogP contribution in [0, 0.1) is 0 Å². The molecule has 1 aliphatic heterocycles. The summed E-state index contributed by atoms with van der Waals surface area (Å²) in [6.45, 7) is 8.82. The van der Waals surface area contributed by atoms with Crippen LogP contribution >= 0.6 is 0 Å². The molecule has 0 spiro atoms. The molecular formula is C26H39N9O4. The predicted octanol–water partition coefficient (Wildman–Crippen LogP) is 0.798. The summed E-state index contributed by atoms with van der Waals surface area (Å²) < 4.78 is 7.60. The molecule has 13 heteroatoms. The van der Waals surface area contributed by atoms with Crippen molar-refractivity contribution in [1.82, 2.24) is 29.7 Å². The molecule has 1 aromatic carbocycles. The summed E-state index contributed by atoms with van der Waals surface area (Å²) in [7, 11) is 0. The lowest BCUT2D eigenvalue weighted by Gasteiger charge is -2.26. The molecule has 1 aliphatic rings. The largest absolute Gasteiger partial charge is 0.387 e. The number of carbonyl (C=O) groups excluding carboxylic acids is 1. The molecule has 4 rings (SSSR count). The van der Waals surface area contributed by atoms with Gasteiger partial charge in [0.05, 0.1) is 6.33 Å². The van der Waals surface area contributed by atoms with Crippen molar-refractivity contribution in [2.24, 2.45) is 5.73 Å². The molecule has 1 fully saturated rings. The number of aromatic nitrogens is 4. The van der Waals surface area contributed by atoms with Crippen molar-refractivity contribution in [2.45, 2.75) is 57.1 Å². The Kier molecular flexibility index (Phi) is 8.97. The number of ether oxygens (including phenoxy) is 1. The first-order chi connectivity index (χ1) is 18.6. The molecule has 1 unspecified atom stereocenters. The number of nitrogens with two attached hydrogens (primary N) is 2. The van der Waals surface area contributed by atoms with Crippen molar-refractivity contribution in [3.8, 4) is 0 Å². The van der Waals surface area contributed by atoms with Crippen LogP contribution < -0.4 is 22.1 Å². The van der Waals surface area contributed by atoms with Gasteiger partial charge in [0.1, 0.15) is 30.2 Å². The van der Waals surface area contributed by atoms with Gasteiger partial charge in [-0.2, -0.15) is 0 Å². The highest BCUT2D eigenvalue weighted by Gasteiger charge is 2.44. The molecular weight excluding hydrogens is 502 g/mol. The van der Waals surface area contributed by atoms with Crippen molar-refractivity contribution in [3.63, 3.8) is 0 Å². The Bertz CT molecular complexity index is 1240. The highest BCUT2D eigenvalue weighted by atomic mass is 16.6. The normalized spacial score (nSPS) is 21.5. The molecule has 212 valence electrons. The zero-order valence-corrected chi connectivity index (χ0v) is 22.6. The van der Waals surface area contributed by atoms with Crippen LogP contribution in [-0.2, 0) is 10.2 Å². The van der Waals surface area contributed by atoms with Crippen molar-refractivity contribution in [2.75, 3.05) is 43.8 Å². The number of nitrogens with zero attached hydrogens (tertiary/aromatic N) is 5. The van der Waals surface area contributed by atoms with E-state index in [1.807, 2.05) is 29.2 Å². The Balaban J connectivity index is 1.27. The van der Waals surface area contributed by atoms with Gasteiger partial charge in [-0.1, -0.05) is 32.9 Å². The van der Waals surface area contributed by atoms with E-state index in [2.05, 4.69) is 46.4 Å². The number of aliphatic hydroxyl groups is 2. The van der Waals surface area contributed by atoms with Crippen molar-refractivity contribution in [3.05, 3.63) is 42.5 Å². The first kappa shape index (κ1) is 28.6. The molecule has 0 aliphatic carbocycles. The fraction of sp³-hybridized carbons (Fsp3) is 0.538. The Labute approximate surface area is 227 Å². The standard InChI is InChI=1S/C26H39N9O4/c1-26(2,3)16-5-7-17(8-6-16)33-25(38)29-10-4-11-34(12-9-27)13-18-20(36)21(37)24(39-18)35-15-32-19-22(28)30-14-31-23(19)35/h5-8,14-15,18,20-21,24,36-37H,4,9-13,27H2,1-3H3,(H2,28,30,31)(H2,29,33,38)/t18?,20-,21-,24-/m1/s1. The number of rotatable bonds is 10. The number of nitrogens with one attached hydrogen (secondary N) is 2. The monoisotopic (exact) mass is 541 g/mol. The zero-order chi connectivity index (χ0) is 28.2. The maximum Gasteiger partial charge on any atom is 0.319 e. The zero-order valence-electron chi connectivity index (χ0n) is 22.6. The van der Waals surface area contributed by atoms with Gasteiger partial charge in [-0.25, -0.2) is 19.7 Å². The van der Waals surface area contributed by atoms with Crippen LogP contribution in [0.5, 0.6) is 0 Å². The highest BCUT2D eigenvalue weighted by Crippen LogP contribution is 2.32. The van der Waals surface area contributed by atoms with Gasteiger partial charge in [-0.15, -0.1) is 0 Å². The lowest BCUT2D eigenvalue weighted by atomic mass is 9.87. The quantitative estimate of drug-likeness (QED) is 0.200. The van der Waals surface area contributed by atoms with Crippen LogP contribution in [0.3, 0.4) is 0 Å². The van der Waals surface area contributed by atoms with Gasteiger partial charge >= 0.3 is 6.03 Å². The minimum absolute atomic E-state index is 0.0477. The molecule has 13 nitrogen and oxygen atoms in total. The molecule has 3 aromatic rings. The van der Waals surface area contributed by atoms with Crippen LogP contribution in [-0.4, -0.2) is 91.7 Å². The summed E-state index contributed by atoms with van der Waals surface area (Å²) in [5, 5.41) is 27.2. The first-order valence-corrected chi connectivity index (χ1v) is 13.1. The summed E-state index contributed by atoms with van der Waals surface area (Å²) in [6.07, 6.45) is -0.427. The van der Waals surface area contributed by atoms with E-state index in [-0.39, 0.29) is 17.3 Å². The smallest absolute Gasteiger partial charge is 0.319 e. The Hall–Kier alpha value is -3.36. The van der Waals surface area contributed by atoms with E-state index in [9.17, 15) is 15.0 Å². The van der Waals surface area contributed by atoms with Gasteiger partial charge in [0.2, 0.25) is 0 Å². The number of anilines is 2. The topological polar surface area (TPSA) is 190 Å². The second kappa shape index (κ2) is 12.2. The Morgan fingerprint density at radius 1 is 1.13 bits per heavy atom. The number of amides is 2. The summed E-state index contributed by atoms with van der Waals surface area (Å²) in [5.74, 6) is 0.221. The number of hydrogen-bond donors (Lipinski definition) is 6. The first-order valence-electron chi connectivity index (χ1n) is 13.1. The van der Waals surface area contributed by atoms with Crippen LogP contribution in [0.4, 0.5) is 16.3 Å². The third kappa shape index (κ3) is 6.81. The molecule has 8 N–H and O–H groups in total. The molecule has 1 saturated heterocycles. The van der Waals surface area contributed by atoms with Crippen LogP contribution in [0.25, 0.3) is 11.2 Å². The van der Waals surface area contributed by atoms with E-state index in [0.717, 1.165) is 5.69 Å². The van der Waals surface area contributed by atoms with Crippen LogP contribution in [0.1, 0.15) is 39.0 Å². The summed E-state index contributed by atoms with van der Waals surface area (Å²) in [6, 6.07) is 7.54. The lowest BCUT2D eigenvalue weighted by Crippen LogP contribution is -2.43. The number of fused-ring (bicyclic) bond motifs is 1. The third-order valence-corrected chi connectivity index (χ3v) is 6.83. The summed E-state index contributed by atoms with van der Waals surface area (Å²) in [4.78, 5) is 26.7. The van der Waals surface area contributed by atoms with E-state index in [1.54, 1.807) is 4.57 Å². The Morgan fingerprint density at radius 3 is 2.56 bits per heavy atom. The van der Waals surface area contributed by atoms with E-state index >= 15 is 0 Å². The molecule has 39 heavy (non-hydrogen) atoms. The molecule has 2 amide bonds. The fourth-order valence-corrected chi connectivity index (χ4v) is 4.63. The van der Waals surface area contributed by atoms with E-state index in [1.165, 1.54) is 18.2 Å². The lowest BCUT2D eigenvalue weighted by molar-refractivity contribution is -0.0439. The van der Waals surface area contributed by atoms with Crippen molar-refractivity contribution in [1.29, 1.82) is 0 Å². The van der Waals surface area contributed by atoms with Crippen LogP contribution in [0.2, 0.25) is 0 Å². The highest BCUT2D eigenvalue weighted by molar-refractivity contribution is 5.89. The van der Waals surface area contributed by atoms with Gasteiger partial charge in [0.15, 0.2) is 17.7 Å². The number of benzene rings is 1. The average molecular weight is 542 g/mol. The average Bonchev–Trinajstić information content (AvgIpc) is 3.44. The van der Waals surface area contributed by atoms with Gasteiger partial charge in [-0.05, 0) is 36.1 Å². The van der Waals surface area contributed by atoms with E-state index < -0.39 is 24.5 Å². The number of aliphatic hydroxyl groups excluding tert-OH is 2. The van der Waals surface area contributed by atoms with Crippen molar-refractivity contribution < 1.29 is 19.7 Å². The predicted molar refractivity (Wildman–Crippen MR) is 148 cm³/mol. The number of imidazole rings is 1. The maximum absolute atomic E-state index is 12.3. The second-order valence-corrected chi connectivity index (χ2v) is 10.8. The second-order valence-electron chi connectivity index (χ2n) is 10.8. The molecule has 0 bridgehead atoms. The number of nitrogen functional groups attached to an aromatic ring is 1. The van der Waals surface area contributed by atoms with E-state index in [0.29, 0.717) is 50.3 Å².